The summed E-state index contributed by atoms with van der Waals surface area (Å²) in [5, 5.41) is 0. The van der Waals surface area contributed by atoms with E-state index in [9.17, 15) is 0 Å². The Hall–Kier alpha value is -2.09. The number of rotatable bonds is 1. The molecule has 0 atom stereocenters. The summed E-state index contributed by atoms with van der Waals surface area (Å²) >= 11 is 0. The lowest BCUT2D eigenvalue weighted by Gasteiger charge is -1.93. The SMILES string of the molecule is c1ccc(-c2cc3ncccn3c2)cc1. The minimum Gasteiger partial charge on any atom is -0.308 e. The maximum Gasteiger partial charge on any atom is 0.137 e. The van der Waals surface area contributed by atoms with Crippen LogP contribution in [-0.4, -0.2) is 9.38 Å². The molecule has 0 unspecified atom stereocenters. The Morgan fingerprint density at radius 1 is 0.933 bits per heavy atom. The number of benzene rings is 1. The van der Waals surface area contributed by atoms with E-state index in [1.54, 1.807) is 0 Å². The summed E-state index contributed by atoms with van der Waals surface area (Å²) in [6.07, 6.45) is 5.91. The first kappa shape index (κ1) is 8.24. The molecule has 1 aromatic carbocycles. The molecule has 3 rings (SSSR count). The van der Waals surface area contributed by atoms with Crippen molar-refractivity contribution in [2.45, 2.75) is 0 Å². The second kappa shape index (κ2) is 3.24. The minimum absolute atomic E-state index is 0.983. The second-order valence-corrected chi connectivity index (χ2v) is 3.48. The van der Waals surface area contributed by atoms with Crippen molar-refractivity contribution in [2.75, 3.05) is 0 Å². The molecule has 72 valence electrons. The summed E-state index contributed by atoms with van der Waals surface area (Å²) in [6.45, 7) is 0. The molecule has 0 amide bonds. The molecule has 0 radical (unpaired) electrons. The van der Waals surface area contributed by atoms with Crippen LogP contribution in [0.15, 0.2) is 61.1 Å². The molecule has 0 N–H and O–H groups in total. The predicted octanol–water partition coefficient (Wildman–Crippen LogP) is 3.00. The highest BCUT2D eigenvalue weighted by atomic mass is 14.9. The molecule has 0 aliphatic rings. The summed E-state index contributed by atoms with van der Waals surface area (Å²) in [6, 6.07) is 14.4. The van der Waals surface area contributed by atoms with E-state index in [1.165, 1.54) is 11.1 Å². The fraction of sp³-hybridized carbons (Fsp3) is 0. The Morgan fingerprint density at radius 2 is 1.80 bits per heavy atom. The molecule has 0 fully saturated rings. The van der Waals surface area contributed by atoms with Gasteiger partial charge in [-0.25, -0.2) is 4.98 Å². The van der Waals surface area contributed by atoms with Crippen molar-refractivity contribution < 1.29 is 0 Å². The van der Waals surface area contributed by atoms with Crippen LogP contribution in [0.2, 0.25) is 0 Å². The average molecular weight is 194 g/mol. The molecule has 0 bridgehead atoms. The Morgan fingerprint density at radius 3 is 2.60 bits per heavy atom. The Bertz CT molecular complexity index is 549. The number of hydrogen-bond donors (Lipinski definition) is 0. The van der Waals surface area contributed by atoms with Crippen molar-refractivity contribution in [2.24, 2.45) is 0 Å². The smallest absolute Gasteiger partial charge is 0.137 e. The van der Waals surface area contributed by atoms with E-state index in [0.29, 0.717) is 0 Å². The number of fused-ring (bicyclic) bond motifs is 1. The van der Waals surface area contributed by atoms with E-state index in [2.05, 4.69) is 29.4 Å². The highest BCUT2D eigenvalue weighted by molar-refractivity contribution is 5.68. The van der Waals surface area contributed by atoms with E-state index >= 15 is 0 Å². The maximum absolute atomic E-state index is 4.29. The molecule has 0 spiro atoms. The van der Waals surface area contributed by atoms with Crippen LogP contribution in [0, 0.1) is 0 Å². The normalized spacial score (nSPS) is 10.7. The monoisotopic (exact) mass is 194 g/mol. The molecule has 2 heterocycles. The van der Waals surface area contributed by atoms with Gasteiger partial charge >= 0.3 is 0 Å². The quantitative estimate of drug-likeness (QED) is 0.582. The van der Waals surface area contributed by atoms with Crippen LogP contribution in [-0.2, 0) is 0 Å². The lowest BCUT2D eigenvalue weighted by molar-refractivity contribution is 1.13. The molecule has 2 aromatic heterocycles. The first-order valence-corrected chi connectivity index (χ1v) is 4.92. The third-order valence-electron chi connectivity index (χ3n) is 2.47. The zero-order valence-corrected chi connectivity index (χ0v) is 8.17. The Labute approximate surface area is 87.8 Å². The summed E-state index contributed by atoms with van der Waals surface area (Å²) in [4.78, 5) is 4.29. The Kier molecular flexibility index (Phi) is 1.78. The summed E-state index contributed by atoms with van der Waals surface area (Å²) in [5.41, 5.74) is 3.41. The average Bonchev–Trinajstić information content (AvgIpc) is 2.74. The molecule has 0 saturated carbocycles. The van der Waals surface area contributed by atoms with Gasteiger partial charge in [0, 0.05) is 24.2 Å². The predicted molar refractivity (Wildman–Crippen MR) is 60.6 cm³/mol. The van der Waals surface area contributed by atoms with Crippen LogP contribution >= 0.6 is 0 Å². The van der Waals surface area contributed by atoms with Gasteiger partial charge in [-0.05, 0) is 17.7 Å². The van der Waals surface area contributed by atoms with Gasteiger partial charge in [0.2, 0.25) is 0 Å². The van der Waals surface area contributed by atoms with Crippen LogP contribution in [0.3, 0.4) is 0 Å². The van der Waals surface area contributed by atoms with E-state index in [1.807, 2.05) is 41.1 Å². The lowest BCUT2D eigenvalue weighted by Crippen LogP contribution is -1.81. The highest BCUT2D eigenvalue weighted by Gasteiger charge is 2.00. The standard InChI is InChI=1S/C13H10N2/c1-2-5-11(6-3-1)12-9-13-14-7-4-8-15(13)10-12/h1-10H. The molecule has 0 aliphatic heterocycles. The van der Waals surface area contributed by atoms with E-state index < -0.39 is 0 Å². The van der Waals surface area contributed by atoms with Gasteiger partial charge in [0.25, 0.3) is 0 Å². The van der Waals surface area contributed by atoms with Gasteiger partial charge < -0.3 is 4.40 Å². The van der Waals surface area contributed by atoms with Gasteiger partial charge in [-0.2, -0.15) is 0 Å². The topological polar surface area (TPSA) is 17.3 Å². The van der Waals surface area contributed by atoms with Crippen LogP contribution < -0.4 is 0 Å². The van der Waals surface area contributed by atoms with Crippen LogP contribution in [0.5, 0.6) is 0 Å². The van der Waals surface area contributed by atoms with Gasteiger partial charge in [-0.15, -0.1) is 0 Å². The van der Waals surface area contributed by atoms with E-state index in [-0.39, 0.29) is 0 Å². The molecule has 2 heteroatoms. The van der Waals surface area contributed by atoms with Gasteiger partial charge in [0.15, 0.2) is 0 Å². The highest BCUT2D eigenvalue weighted by Crippen LogP contribution is 2.20. The minimum atomic E-state index is 0.983. The van der Waals surface area contributed by atoms with Crippen molar-refractivity contribution in [3.63, 3.8) is 0 Å². The molecule has 2 nitrogen and oxygen atoms in total. The van der Waals surface area contributed by atoms with Gasteiger partial charge in [-0.3, -0.25) is 0 Å². The van der Waals surface area contributed by atoms with E-state index in [0.717, 1.165) is 5.65 Å². The fourth-order valence-electron chi connectivity index (χ4n) is 1.73. The third kappa shape index (κ3) is 1.40. The lowest BCUT2D eigenvalue weighted by atomic mass is 10.1. The van der Waals surface area contributed by atoms with Crippen molar-refractivity contribution in [1.82, 2.24) is 9.38 Å². The number of hydrogen-bond acceptors (Lipinski definition) is 1. The molecule has 15 heavy (non-hydrogen) atoms. The molecular weight excluding hydrogens is 184 g/mol. The zero-order chi connectivity index (χ0) is 10.1. The van der Waals surface area contributed by atoms with Crippen molar-refractivity contribution in [3.8, 4) is 11.1 Å². The first-order chi connectivity index (χ1) is 7.43. The van der Waals surface area contributed by atoms with Gasteiger partial charge in [-0.1, -0.05) is 30.3 Å². The summed E-state index contributed by atoms with van der Waals surface area (Å²) < 4.78 is 2.03. The third-order valence-corrected chi connectivity index (χ3v) is 2.47. The largest absolute Gasteiger partial charge is 0.308 e. The van der Waals surface area contributed by atoms with Crippen LogP contribution in [0.1, 0.15) is 0 Å². The van der Waals surface area contributed by atoms with Crippen molar-refractivity contribution in [3.05, 3.63) is 61.1 Å². The number of aromatic nitrogens is 2. The van der Waals surface area contributed by atoms with Crippen molar-refractivity contribution >= 4 is 5.65 Å². The van der Waals surface area contributed by atoms with Gasteiger partial charge in [0.05, 0.1) is 0 Å². The van der Waals surface area contributed by atoms with Gasteiger partial charge in [0.1, 0.15) is 5.65 Å². The zero-order valence-electron chi connectivity index (χ0n) is 8.17. The van der Waals surface area contributed by atoms with E-state index in [4.69, 9.17) is 0 Å². The fourth-order valence-corrected chi connectivity index (χ4v) is 1.73. The van der Waals surface area contributed by atoms with Crippen LogP contribution in [0.4, 0.5) is 0 Å². The second-order valence-electron chi connectivity index (χ2n) is 3.48. The molecule has 0 aliphatic carbocycles. The summed E-state index contributed by atoms with van der Waals surface area (Å²) in [5.74, 6) is 0. The maximum atomic E-state index is 4.29. The molecular formula is C13H10N2. The number of nitrogens with zero attached hydrogens (tertiary/aromatic N) is 2. The molecule has 3 aromatic rings. The first-order valence-electron chi connectivity index (χ1n) is 4.92. The Balaban J connectivity index is 2.21. The molecule has 0 saturated heterocycles. The van der Waals surface area contributed by atoms with Crippen LogP contribution in [0.25, 0.3) is 16.8 Å². The van der Waals surface area contributed by atoms with Crippen molar-refractivity contribution in [1.29, 1.82) is 0 Å². The summed E-state index contributed by atoms with van der Waals surface area (Å²) in [7, 11) is 0.